The Morgan fingerprint density at radius 1 is 1.32 bits per heavy atom. The number of aromatic nitrogens is 2. The predicted octanol–water partition coefficient (Wildman–Crippen LogP) is 0.442. The van der Waals surface area contributed by atoms with E-state index in [0.717, 1.165) is 12.8 Å². The van der Waals surface area contributed by atoms with Crippen molar-refractivity contribution in [3.63, 3.8) is 0 Å². The molecule has 0 aromatic carbocycles. The standard InChI is InChI=1S/C14H23N5O2.ClH/c15-6-7-16-14(21)11-8-17-19(9-11)10-13(20)18-12-4-2-1-3-5-12;/h8-9,12H,1-7,10,15H2,(H,16,21)(H,18,20);1H. The summed E-state index contributed by atoms with van der Waals surface area (Å²) in [7, 11) is 0. The molecule has 4 N–H and O–H groups in total. The fraction of sp³-hybridized carbons (Fsp3) is 0.643. The van der Waals surface area contributed by atoms with Crippen LogP contribution < -0.4 is 16.4 Å². The largest absolute Gasteiger partial charge is 0.352 e. The minimum absolute atomic E-state index is 0. The molecule has 2 rings (SSSR count). The van der Waals surface area contributed by atoms with E-state index in [1.54, 1.807) is 6.20 Å². The number of nitrogens with zero attached hydrogens (tertiary/aromatic N) is 2. The van der Waals surface area contributed by atoms with E-state index in [2.05, 4.69) is 15.7 Å². The van der Waals surface area contributed by atoms with Crippen LogP contribution in [0.15, 0.2) is 12.4 Å². The summed E-state index contributed by atoms with van der Waals surface area (Å²) in [6.45, 7) is 0.955. The minimum Gasteiger partial charge on any atom is -0.352 e. The molecule has 7 nitrogen and oxygen atoms in total. The van der Waals surface area contributed by atoms with E-state index in [1.165, 1.54) is 30.1 Å². The first-order chi connectivity index (χ1) is 10.2. The number of nitrogens with two attached hydrogens (primary N) is 1. The first-order valence-corrected chi connectivity index (χ1v) is 7.49. The average Bonchev–Trinajstić information content (AvgIpc) is 2.94. The number of carbonyl (C=O) groups is 2. The number of amides is 2. The lowest BCUT2D eigenvalue weighted by molar-refractivity contribution is -0.122. The molecule has 1 heterocycles. The van der Waals surface area contributed by atoms with Gasteiger partial charge in [0.1, 0.15) is 6.54 Å². The molecule has 0 unspecified atom stereocenters. The maximum atomic E-state index is 11.9. The second-order valence-electron chi connectivity index (χ2n) is 5.37. The van der Waals surface area contributed by atoms with Crippen molar-refractivity contribution in [3.05, 3.63) is 18.0 Å². The van der Waals surface area contributed by atoms with Gasteiger partial charge in [0.15, 0.2) is 0 Å². The molecule has 1 aliphatic carbocycles. The van der Waals surface area contributed by atoms with Gasteiger partial charge in [-0.3, -0.25) is 14.3 Å². The molecular weight excluding hydrogens is 306 g/mol. The van der Waals surface area contributed by atoms with Crippen LogP contribution in [0.2, 0.25) is 0 Å². The topological polar surface area (TPSA) is 102 Å². The van der Waals surface area contributed by atoms with Crippen molar-refractivity contribution in [3.8, 4) is 0 Å². The van der Waals surface area contributed by atoms with E-state index >= 15 is 0 Å². The second-order valence-corrected chi connectivity index (χ2v) is 5.37. The Kier molecular flexibility index (Phi) is 7.90. The van der Waals surface area contributed by atoms with Gasteiger partial charge in [0, 0.05) is 25.3 Å². The van der Waals surface area contributed by atoms with Gasteiger partial charge in [-0.2, -0.15) is 5.10 Å². The first kappa shape index (κ1) is 18.4. The molecule has 2 amide bonds. The monoisotopic (exact) mass is 329 g/mol. The van der Waals surface area contributed by atoms with Gasteiger partial charge < -0.3 is 16.4 Å². The quantitative estimate of drug-likeness (QED) is 0.704. The van der Waals surface area contributed by atoms with E-state index in [9.17, 15) is 9.59 Å². The smallest absolute Gasteiger partial charge is 0.254 e. The average molecular weight is 330 g/mol. The van der Waals surface area contributed by atoms with Crippen LogP contribution in [-0.4, -0.2) is 40.7 Å². The predicted molar refractivity (Wildman–Crippen MR) is 85.9 cm³/mol. The zero-order chi connectivity index (χ0) is 15.1. The maximum Gasteiger partial charge on any atom is 0.254 e. The van der Waals surface area contributed by atoms with Gasteiger partial charge in [0.2, 0.25) is 5.91 Å². The van der Waals surface area contributed by atoms with E-state index in [1.807, 2.05) is 0 Å². The summed E-state index contributed by atoms with van der Waals surface area (Å²) in [6, 6.07) is 0.286. The molecule has 1 fully saturated rings. The SMILES string of the molecule is Cl.NCCNC(=O)c1cnn(CC(=O)NC2CCCCC2)c1. The summed E-state index contributed by atoms with van der Waals surface area (Å²) < 4.78 is 1.48. The molecule has 1 aromatic heterocycles. The normalized spacial score (nSPS) is 15.0. The molecule has 22 heavy (non-hydrogen) atoms. The van der Waals surface area contributed by atoms with Gasteiger partial charge in [-0.15, -0.1) is 12.4 Å². The van der Waals surface area contributed by atoms with E-state index in [-0.39, 0.29) is 36.8 Å². The van der Waals surface area contributed by atoms with Crippen LogP contribution >= 0.6 is 12.4 Å². The molecule has 0 bridgehead atoms. The number of nitrogens with one attached hydrogen (secondary N) is 2. The van der Waals surface area contributed by atoms with Gasteiger partial charge in [-0.05, 0) is 12.8 Å². The highest BCUT2D eigenvalue weighted by atomic mass is 35.5. The molecule has 8 heteroatoms. The summed E-state index contributed by atoms with van der Waals surface area (Å²) in [5, 5.41) is 9.73. The molecule has 0 saturated heterocycles. The number of carbonyl (C=O) groups excluding carboxylic acids is 2. The molecule has 0 spiro atoms. The van der Waals surface area contributed by atoms with Gasteiger partial charge in [0.25, 0.3) is 5.91 Å². The maximum absolute atomic E-state index is 11.9. The van der Waals surface area contributed by atoms with E-state index in [4.69, 9.17) is 5.73 Å². The molecule has 1 aliphatic rings. The minimum atomic E-state index is -0.223. The summed E-state index contributed by atoms with van der Waals surface area (Å²) >= 11 is 0. The Labute approximate surface area is 136 Å². The molecule has 1 saturated carbocycles. The van der Waals surface area contributed by atoms with Crippen molar-refractivity contribution < 1.29 is 9.59 Å². The third-order valence-corrected chi connectivity index (χ3v) is 3.60. The van der Waals surface area contributed by atoms with Gasteiger partial charge in [-0.25, -0.2) is 0 Å². The Balaban J connectivity index is 0.00000242. The summed E-state index contributed by atoms with van der Waals surface area (Å²) in [5.74, 6) is -0.279. The lowest BCUT2D eigenvalue weighted by atomic mass is 9.95. The number of hydrogen-bond acceptors (Lipinski definition) is 4. The molecule has 0 radical (unpaired) electrons. The number of halogens is 1. The first-order valence-electron chi connectivity index (χ1n) is 7.49. The molecule has 0 atom stereocenters. The van der Waals surface area contributed by atoms with Gasteiger partial charge in [-0.1, -0.05) is 19.3 Å². The highest BCUT2D eigenvalue weighted by Gasteiger charge is 2.16. The highest BCUT2D eigenvalue weighted by molar-refractivity contribution is 5.93. The Morgan fingerprint density at radius 2 is 2.05 bits per heavy atom. The van der Waals surface area contributed by atoms with Gasteiger partial charge in [0.05, 0.1) is 11.8 Å². The van der Waals surface area contributed by atoms with Crippen molar-refractivity contribution in [1.29, 1.82) is 0 Å². The lowest BCUT2D eigenvalue weighted by Gasteiger charge is -2.22. The number of hydrogen-bond donors (Lipinski definition) is 3. The van der Waals surface area contributed by atoms with E-state index in [0.29, 0.717) is 18.7 Å². The number of rotatable bonds is 6. The Bertz CT molecular complexity index is 485. The van der Waals surface area contributed by atoms with Crippen LogP contribution in [-0.2, 0) is 11.3 Å². The summed E-state index contributed by atoms with van der Waals surface area (Å²) in [5.41, 5.74) is 5.77. The van der Waals surface area contributed by atoms with Crippen LogP contribution in [0.3, 0.4) is 0 Å². The third-order valence-electron chi connectivity index (χ3n) is 3.60. The van der Waals surface area contributed by atoms with Crippen molar-refractivity contribution in [2.75, 3.05) is 13.1 Å². The van der Waals surface area contributed by atoms with Gasteiger partial charge >= 0.3 is 0 Å². The molecular formula is C14H24ClN5O2. The fourth-order valence-corrected chi connectivity index (χ4v) is 2.52. The van der Waals surface area contributed by atoms with Crippen molar-refractivity contribution in [1.82, 2.24) is 20.4 Å². The van der Waals surface area contributed by atoms with Crippen LogP contribution in [0.1, 0.15) is 42.5 Å². The zero-order valence-electron chi connectivity index (χ0n) is 12.6. The molecule has 0 aliphatic heterocycles. The van der Waals surface area contributed by atoms with Crippen LogP contribution in [0.4, 0.5) is 0 Å². The Morgan fingerprint density at radius 3 is 2.73 bits per heavy atom. The Hall–Kier alpha value is -1.60. The fourth-order valence-electron chi connectivity index (χ4n) is 2.52. The lowest BCUT2D eigenvalue weighted by Crippen LogP contribution is -2.38. The summed E-state index contributed by atoms with van der Waals surface area (Å²) in [4.78, 5) is 23.6. The molecule has 124 valence electrons. The van der Waals surface area contributed by atoms with Crippen molar-refractivity contribution in [2.45, 2.75) is 44.7 Å². The summed E-state index contributed by atoms with van der Waals surface area (Å²) in [6.07, 6.45) is 8.75. The second kappa shape index (κ2) is 9.42. The zero-order valence-corrected chi connectivity index (χ0v) is 13.4. The van der Waals surface area contributed by atoms with Crippen molar-refractivity contribution in [2.24, 2.45) is 5.73 Å². The van der Waals surface area contributed by atoms with Crippen LogP contribution in [0.25, 0.3) is 0 Å². The highest BCUT2D eigenvalue weighted by Crippen LogP contribution is 2.17. The van der Waals surface area contributed by atoms with Crippen LogP contribution in [0, 0.1) is 0 Å². The van der Waals surface area contributed by atoms with Crippen molar-refractivity contribution >= 4 is 24.2 Å². The van der Waals surface area contributed by atoms with E-state index < -0.39 is 0 Å². The van der Waals surface area contributed by atoms with Crippen LogP contribution in [0.5, 0.6) is 0 Å². The third kappa shape index (κ3) is 5.65. The molecule has 1 aromatic rings.